The monoisotopic (exact) mass is 321 g/mol. The molecule has 1 nitrogen and oxygen atoms in total. The molecule has 0 aliphatic rings. The van der Waals surface area contributed by atoms with E-state index in [1.54, 1.807) is 12.1 Å². The molecule has 0 saturated carbocycles. The lowest BCUT2D eigenvalue weighted by atomic mass is 9.95. The summed E-state index contributed by atoms with van der Waals surface area (Å²) in [5.74, 6) is -0.0170. The summed E-state index contributed by atoms with van der Waals surface area (Å²) in [6, 6.07) is 3.59. The molecular weight excluding hydrogens is 305 g/mol. The minimum atomic E-state index is -0.330. The molecule has 0 aromatic heterocycles. The third-order valence-electron chi connectivity index (χ3n) is 2.68. The molecule has 0 spiro atoms. The zero-order valence-corrected chi connectivity index (χ0v) is 12.7. The fourth-order valence-electron chi connectivity index (χ4n) is 1.79. The van der Waals surface area contributed by atoms with E-state index in [1.165, 1.54) is 0 Å². The summed E-state index contributed by atoms with van der Waals surface area (Å²) in [6.07, 6.45) is 1.02. The van der Waals surface area contributed by atoms with E-state index in [-0.39, 0.29) is 16.9 Å². The van der Waals surface area contributed by atoms with Gasteiger partial charge in [-0.05, 0) is 40.9 Å². The Kier molecular flexibility index (Phi) is 5.90. The van der Waals surface area contributed by atoms with Crippen molar-refractivity contribution in [2.45, 2.75) is 33.2 Å². The number of nitrogens with one attached hydrogen (secondary N) is 1. The first-order valence-electron chi connectivity index (χ1n) is 5.85. The van der Waals surface area contributed by atoms with E-state index in [1.807, 2.05) is 0 Å². The van der Waals surface area contributed by atoms with Gasteiger partial charge in [-0.3, -0.25) is 0 Å². The van der Waals surface area contributed by atoms with Gasteiger partial charge >= 0.3 is 0 Å². The van der Waals surface area contributed by atoms with Crippen molar-refractivity contribution in [2.24, 2.45) is 5.92 Å². The number of hydrogen-bond acceptors (Lipinski definition) is 1. The van der Waals surface area contributed by atoms with E-state index in [4.69, 9.17) is 11.6 Å². The molecule has 0 bridgehead atoms. The summed E-state index contributed by atoms with van der Waals surface area (Å²) in [4.78, 5) is 0. The van der Waals surface area contributed by atoms with Gasteiger partial charge in [-0.2, -0.15) is 0 Å². The molecule has 17 heavy (non-hydrogen) atoms. The fourth-order valence-corrected chi connectivity index (χ4v) is 2.26. The molecule has 0 aliphatic heterocycles. The second-order valence-electron chi connectivity index (χ2n) is 4.44. The van der Waals surface area contributed by atoms with Crippen LogP contribution in [0.4, 0.5) is 4.39 Å². The second-order valence-corrected chi connectivity index (χ2v) is 5.67. The predicted octanol–water partition coefficient (Wildman–Crippen LogP) is 4.94. The first kappa shape index (κ1) is 14.9. The predicted molar refractivity (Wildman–Crippen MR) is 75.0 cm³/mol. The van der Waals surface area contributed by atoms with Gasteiger partial charge in [0.15, 0.2) is 0 Å². The largest absolute Gasteiger partial charge is 0.310 e. The van der Waals surface area contributed by atoms with Crippen LogP contribution in [-0.2, 0) is 0 Å². The van der Waals surface area contributed by atoms with Crippen molar-refractivity contribution in [3.63, 3.8) is 0 Å². The Morgan fingerprint density at radius 1 is 1.41 bits per heavy atom. The molecule has 0 radical (unpaired) electrons. The standard InChI is InChI=1S/C13H18BrClFN/c1-4-7-17-13(8(2)3)9-5-6-10(14)11(15)12(9)16/h5-6,8,13,17H,4,7H2,1-3H3. The van der Waals surface area contributed by atoms with Crippen LogP contribution in [0, 0.1) is 11.7 Å². The quantitative estimate of drug-likeness (QED) is 0.757. The Hall–Kier alpha value is -0.120. The van der Waals surface area contributed by atoms with Crippen LogP contribution in [-0.4, -0.2) is 6.54 Å². The maximum absolute atomic E-state index is 14.1. The van der Waals surface area contributed by atoms with Gasteiger partial charge in [0.1, 0.15) is 5.82 Å². The van der Waals surface area contributed by atoms with E-state index in [9.17, 15) is 4.39 Å². The number of halogens is 3. The van der Waals surface area contributed by atoms with Crippen molar-refractivity contribution in [1.82, 2.24) is 5.32 Å². The van der Waals surface area contributed by atoms with Crippen LogP contribution >= 0.6 is 27.5 Å². The van der Waals surface area contributed by atoms with E-state index < -0.39 is 0 Å². The Balaban J connectivity index is 3.06. The second kappa shape index (κ2) is 6.72. The number of hydrogen-bond donors (Lipinski definition) is 1. The maximum Gasteiger partial charge on any atom is 0.147 e. The molecule has 1 unspecified atom stereocenters. The average molecular weight is 323 g/mol. The fraction of sp³-hybridized carbons (Fsp3) is 0.538. The van der Waals surface area contributed by atoms with Gasteiger partial charge < -0.3 is 5.32 Å². The summed E-state index contributed by atoms with van der Waals surface area (Å²) in [7, 11) is 0. The van der Waals surface area contributed by atoms with Crippen molar-refractivity contribution in [1.29, 1.82) is 0 Å². The molecule has 0 amide bonds. The molecule has 1 aromatic carbocycles. The van der Waals surface area contributed by atoms with Gasteiger partial charge in [-0.15, -0.1) is 0 Å². The smallest absolute Gasteiger partial charge is 0.147 e. The van der Waals surface area contributed by atoms with Crippen molar-refractivity contribution in [2.75, 3.05) is 6.54 Å². The zero-order valence-electron chi connectivity index (χ0n) is 10.4. The molecule has 4 heteroatoms. The molecule has 1 N–H and O–H groups in total. The molecule has 0 fully saturated rings. The van der Waals surface area contributed by atoms with Gasteiger partial charge in [0.2, 0.25) is 0 Å². The van der Waals surface area contributed by atoms with E-state index >= 15 is 0 Å². The highest BCUT2D eigenvalue weighted by atomic mass is 79.9. The van der Waals surface area contributed by atoms with Crippen LogP contribution in [0.1, 0.15) is 38.8 Å². The third-order valence-corrected chi connectivity index (χ3v) is 3.94. The molecule has 96 valence electrons. The van der Waals surface area contributed by atoms with Crippen LogP contribution in [0.3, 0.4) is 0 Å². The molecule has 0 aliphatic carbocycles. The molecule has 1 aromatic rings. The van der Waals surface area contributed by atoms with E-state index in [0.29, 0.717) is 16.0 Å². The summed E-state index contributed by atoms with van der Waals surface area (Å²) in [6.45, 7) is 7.11. The minimum Gasteiger partial charge on any atom is -0.310 e. The Morgan fingerprint density at radius 2 is 2.06 bits per heavy atom. The normalized spacial score (nSPS) is 13.1. The Labute approximate surface area is 116 Å². The summed E-state index contributed by atoms with van der Waals surface area (Å²) in [5.41, 5.74) is 0.640. The summed E-state index contributed by atoms with van der Waals surface area (Å²) < 4.78 is 14.7. The summed E-state index contributed by atoms with van der Waals surface area (Å²) in [5, 5.41) is 3.52. The highest BCUT2D eigenvalue weighted by Gasteiger charge is 2.21. The van der Waals surface area contributed by atoms with Crippen molar-refractivity contribution in [3.8, 4) is 0 Å². The Morgan fingerprint density at radius 3 is 2.59 bits per heavy atom. The zero-order chi connectivity index (χ0) is 13.0. The highest BCUT2D eigenvalue weighted by molar-refractivity contribution is 9.10. The lowest BCUT2D eigenvalue weighted by Gasteiger charge is -2.23. The summed E-state index contributed by atoms with van der Waals surface area (Å²) >= 11 is 9.14. The van der Waals surface area contributed by atoms with Gasteiger partial charge in [0.05, 0.1) is 5.02 Å². The van der Waals surface area contributed by atoms with Gasteiger partial charge in [0.25, 0.3) is 0 Å². The number of rotatable bonds is 5. The maximum atomic E-state index is 14.1. The molecular formula is C13H18BrClFN. The van der Waals surface area contributed by atoms with Crippen molar-refractivity contribution in [3.05, 3.63) is 33.0 Å². The topological polar surface area (TPSA) is 12.0 Å². The first-order chi connectivity index (χ1) is 7.99. The highest BCUT2D eigenvalue weighted by Crippen LogP contribution is 2.32. The molecule has 0 saturated heterocycles. The Bertz CT molecular complexity index is 382. The van der Waals surface area contributed by atoms with Crippen LogP contribution < -0.4 is 5.32 Å². The van der Waals surface area contributed by atoms with Crippen molar-refractivity contribution < 1.29 is 4.39 Å². The van der Waals surface area contributed by atoms with Crippen LogP contribution in [0.25, 0.3) is 0 Å². The lowest BCUT2D eigenvalue weighted by molar-refractivity contribution is 0.398. The first-order valence-corrected chi connectivity index (χ1v) is 7.02. The minimum absolute atomic E-state index is 0.000509. The average Bonchev–Trinajstić information content (AvgIpc) is 2.28. The SMILES string of the molecule is CCCNC(c1ccc(Br)c(Cl)c1F)C(C)C. The van der Waals surface area contributed by atoms with Crippen LogP contribution in [0.2, 0.25) is 5.02 Å². The molecule has 1 rings (SSSR count). The van der Waals surface area contributed by atoms with Crippen molar-refractivity contribution >= 4 is 27.5 Å². The van der Waals surface area contributed by atoms with E-state index in [2.05, 4.69) is 42.0 Å². The van der Waals surface area contributed by atoms with Crippen LogP contribution in [0.15, 0.2) is 16.6 Å². The van der Waals surface area contributed by atoms with Gasteiger partial charge in [-0.1, -0.05) is 38.4 Å². The molecule has 1 atom stereocenters. The molecule has 0 heterocycles. The lowest BCUT2D eigenvalue weighted by Crippen LogP contribution is -2.27. The third kappa shape index (κ3) is 3.67. The number of benzene rings is 1. The van der Waals surface area contributed by atoms with Gasteiger partial charge in [0, 0.05) is 16.1 Å². The van der Waals surface area contributed by atoms with E-state index in [0.717, 1.165) is 13.0 Å². The van der Waals surface area contributed by atoms with Gasteiger partial charge in [-0.25, -0.2) is 4.39 Å². The van der Waals surface area contributed by atoms with Crippen LogP contribution in [0.5, 0.6) is 0 Å².